The van der Waals surface area contributed by atoms with Gasteiger partial charge in [-0.1, -0.05) is 0 Å². The first-order chi connectivity index (χ1) is 9.83. The molecule has 108 valence electrons. The smallest absolute Gasteiger partial charge is 0.119 e. The number of thiazole rings is 1. The van der Waals surface area contributed by atoms with Gasteiger partial charge in [-0.25, -0.2) is 4.98 Å². The second-order valence-corrected chi connectivity index (χ2v) is 5.32. The van der Waals surface area contributed by atoms with Crippen molar-refractivity contribution in [2.45, 2.75) is 13.3 Å². The number of nitrogens with zero attached hydrogens (tertiary/aromatic N) is 1. The van der Waals surface area contributed by atoms with Crippen LogP contribution < -0.4 is 15.8 Å². The monoisotopic (exact) mass is 291 g/mol. The van der Waals surface area contributed by atoms with E-state index >= 15 is 0 Å². The zero-order chi connectivity index (χ0) is 14.2. The van der Waals surface area contributed by atoms with Crippen molar-refractivity contribution >= 4 is 11.3 Å². The lowest BCUT2D eigenvalue weighted by Crippen LogP contribution is -2.24. The Hall–Kier alpha value is -1.43. The molecule has 0 aliphatic carbocycles. The van der Waals surface area contributed by atoms with Crippen molar-refractivity contribution in [2.75, 3.05) is 26.2 Å². The highest BCUT2D eigenvalue weighted by Gasteiger charge is 2.04. The molecule has 0 spiro atoms. The minimum atomic E-state index is 0.676. The Bertz CT molecular complexity index is 510. The van der Waals surface area contributed by atoms with E-state index in [0.29, 0.717) is 13.2 Å². The standard InChI is InChI=1S/C15H21N3OS/c1-2-19-13-5-3-12(4-6-13)14-11-20-15(18-14)7-9-17-10-8-16/h3-6,11,17H,2,7-10,16H2,1H3. The van der Waals surface area contributed by atoms with Crippen LogP contribution in [0.1, 0.15) is 11.9 Å². The third-order valence-electron chi connectivity index (χ3n) is 2.85. The summed E-state index contributed by atoms with van der Waals surface area (Å²) in [5.41, 5.74) is 7.60. The molecule has 0 unspecified atom stereocenters. The average molecular weight is 291 g/mol. The molecule has 2 rings (SSSR count). The predicted molar refractivity (Wildman–Crippen MR) is 84.3 cm³/mol. The van der Waals surface area contributed by atoms with Crippen LogP contribution in [0.4, 0.5) is 0 Å². The molecule has 0 radical (unpaired) electrons. The van der Waals surface area contributed by atoms with E-state index in [-0.39, 0.29) is 0 Å². The van der Waals surface area contributed by atoms with E-state index in [0.717, 1.165) is 41.5 Å². The van der Waals surface area contributed by atoms with Crippen molar-refractivity contribution in [1.29, 1.82) is 0 Å². The highest BCUT2D eigenvalue weighted by molar-refractivity contribution is 7.09. The van der Waals surface area contributed by atoms with Gasteiger partial charge in [0.2, 0.25) is 0 Å². The highest BCUT2D eigenvalue weighted by Crippen LogP contribution is 2.24. The molecular formula is C15H21N3OS. The van der Waals surface area contributed by atoms with Crippen molar-refractivity contribution in [2.24, 2.45) is 5.73 Å². The number of ether oxygens (including phenoxy) is 1. The summed E-state index contributed by atoms with van der Waals surface area (Å²) in [6, 6.07) is 8.08. The summed E-state index contributed by atoms with van der Waals surface area (Å²) in [4.78, 5) is 4.66. The van der Waals surface area contributed by atoms with Gasteiger partial charge >= 0.3 is 0 Å². The second kappa shape index (κ2) is 7.99. The van der Waals surface area contributed by atoms with Gasteiger partial charge in [-0.3, -0.25) is 0 Å². The van der Waals surface area contributed by atoms with E-state index in [9.17, 15) is 0 Å². The fourth-order valence-corrected chi connectivity index (χ4v) is 2.68. The number of benzene rings is 1. The van der Waals surface area contributed by atoms with E-state index in [1.54, 1.807) is 11.3 Å². The van der Waals surface area contributed by atoms with Crippen LogP contribution in [0.25, 0.3) is 11.3 Å². The summed E-state index contributed by atoms with van der Waals surface area (Å²) >= 11 is 1.70. The number of nitrogens with two attached hydrogens (primary N) is 1. The number of rotatable bonds is 8. The molecule has 0 amide bonds. The van der Waals surface area contributed by atoms with Gasteiger partial charge in [-0.2, -0.15) is 0 Å². The van der Waals surface area contributed by atoms with Crippen molar-refractivity contribution in [3.8, 4) is 17.0 Å². The first-order valence-electron chi connectivity index (χ1n) is 6.92. The molecular weight excluding hydrogens is 270 g/mol. The van der Waals surface area contributed by atoms with Crippen molar-refractivity contribution < 1.29 is 4.74 Å². The summed E-state index contributed by atoms with van der Waals surface area (Å²) in [5, 5.41) is 6.54. The van der Waals surface area contributed by atoms with Gasteiger partial charge in [0, 0.05) is 37.0 Å². The van der Waals surface area contributed by atoms with Crippen LogP contribution in [0, 0.1) is 0 Å². The normalized spacial score (nSPS) is 10.7. The van der Waals surface area contributed by atoms with Gasteiger partial charge in [0.05, 0.1) is 17.3 Å². The number of aromatic nitrogens is 1. The SMILES string of the molecule is CCOc1ccc(-c2csc(CCNCCN)n2)cc1. The summed E-state index contributed by atoms with van der Waals surface area (Å²) in [7, 11) is 0. The minimum absolute atomic E-state index is 0.676. The number of hydrogen-bond donors (Lipinski definition) is 2. The van der Waals surface area contributed by atoms with Crippen molar-refractivity contribution in [3.63, 3.8) is 0 Å². The maximum absolute atomic E-state index is 5.44. The van der Waals surface area contributed by atoms with Crippen LogP contribution in [0.5, 0.6) is 5.75 Å². The third-order valence-corrected chi connectivity index (χ3v) is 3.76. The average Bonchev–Trinajstić information content (AvgIpc) is 2.94. The largest absolute Gasteiger partial charge is 0.494 e. The molecule has 4 nitrogen and oxygen atoms in total. The van der Waals surface area contributed by atoms with Crippen LogP contribution in [-0.4, -0.2) is 31.2 Å². The summed E-state index contributed by atoms with van der Waals surface area (Å²) in [5.74, 6) is 0.901. The van der Waals surface area contributed by atoms with E-state index in [1.807, 2.05) is 19.1 Å². The molecule has 0 atom stereocenters. The molecule has 0 saturated carbocycles. The lowest BCUT2D eigenvalue weighted by Gasteiger charge is -2.03. The Kier molecular flexibility index (Phi) is 5.98. The maximum atomic E-state index is 5.44. The highest BCUT2D eigenvalue weighted by atomic mass is 32.1. The van der Waals surface area contributed by atoms with Gasteiger partial charge in [-0.05, 0) is 31.2 Å². The molecule has 0 fully saturated rings. The van der Waals surface area contributed by atoms with Crippen LogP contribution in [0.15, 0.2) is 29.6 Å². The van der Waals surface area contributed by atoms with E-state index in [2.05, 4.69) is 27.8 Å². The lowest BCUT2D eigenvalue weighted by molar-refractivity contribution is 0.340. The van der Waals surface area contributed by atoms with Crippen molar-refractivity contribution in [3.05, 3.63) is 34.7 Å². The van der Waals surface area contributed by atoms with Crippen molar-refractivity contribution in [1.82, 2.24) is 10.3 Å². The predicted octanol–water partition coefficient (Wildman–Crippen LogP) is 2.30. The quantitative estimate of drug-likeness (QED) is 0.733. The molecule has 1 heterocycles. The summed E-state index contributed by atoms with van der Waals surface area (Å²) in [6.07, 6.45) is 0.946. The molecule has 1 aromatic carbocycles. The Morgan fingerprint density at radius 3 is 2.75 bits per heavy atom. The van der Waals surface area contributed by atoms with Gasteiger partial charge in [0.25, 0.3) is 0 Å². The third kappa shape index (κ3) is 4.30. The molecule has 2 aromatic rings. The van der Waals surface area contributed by atoms with Gasteiger partial charge in [0.15, 0.2) is 0 Å². The Morgan fingerprint density at radius 1 is 1.25 bits per heavy atom. The van der Waals surface area contributed by atoms with Crippen LogP contribution in [0.2, 0.25) is 0 Å². The first kappa shape index (κ1) is 15.0. The van der Waals surface area contributed by atoms with E-state index < -0.39 is 0 Å². The van der Waals surface area contributed by atoms with Crippen LogP contribution in [-0.2, 0) is 6.42 Å². The van der Waals surface area contributed by atoms with Gasteiger partial charge < -0.3 is 15.8 Å². The Balaban J connectivity index is 1.93. The topological polar surface area (TPSA) is 60.2 Å². The zero-order valence-electron chi connectivity index (χ0n) is 11.8. The van der Waals surface area contributed by atoms with Crippen LogP contribution in [0.3, 0.4) is 0 Å². The van der Waals surface area contributed by atoms with Crippen LogP contribution >= 0.6 is 11.3 Å². The maximum Gasteiger partial charge on any atom is 0.119 e. The molecule has 5 heteroatoms. The molecule has 0 aliphatic rings. The second-order valence-electron chi connectivity index (χ2n) is 4.37. The summed E-state index contributed by atoms with van der Waals surface area (Å²) in [6.45, 7) is 5.13. The van der Waals surface area contributed by atoms with Gasteiger partial charge in [0.1, 0.15) is 5.75 Å². The Morgan fingerprint density at radius 2 is 2.05 bits per heavy atom. The fraction of sp³-hybridized carbons (Fsp3) is 0.400. The Labute approximate surface area is 124 Å². The number of hydrogen-bond acceptors (Lipinski definition) is 5. The molecule has 1 aromatic heterocycles. The van der Waals surface area contributed by atoms with Gasteiger partial charge in [-0.15, -0.1) is 11.3 Å². The lowest BCUT2D eigenvalue weighted by atomic mass is 10.2. The molecule has 0 aliphatic heterocycles. The molecule has 0 bridgehead atoms. The zero-order valence-corrected chi connectivity index (χ0v) is 12.6. The fourth-order valence-electron chi connectivity index (χ4n) is 1.87. The minimum Gasteiger partial charge on any atom is -0.494 e. The number of nitrogens with one attached hydrogen (secondary N) is 1. The molecule has 3 N–H and O–H groups in total. The molecule has 0 saturated heterocycles. The molecule has 20 heavy (non-hydrogen) atoms. The first-order valence-corrected chi connectivity index (χ1v) is 7.80. The van der Waals surface area contributed by atoms with E-state index in [4.69, 9.17) is 10.5 Å². The van der Waals surface area contributed by atoms with E-state index in [1.165, 1.54) is 0 Å². The summed E-state index contributed by atoms with van der Waals surface area (Å²) < 4.78 is 5.44.